The predicted molar refractivity (Wildman–Crippen MR) is 73.8 cm³/mol. The SMILES string of the molecule is [B]SCc1c(C)c(=O)n2c(=O)c(C)c(CS)n12. The van der Waals surface area contributed by atoms with Crippen LogP contribution in [0.15, 0.2) is 9.59 Å². The molecule has 0 unspecified atom stereocenters. The standard InChI is InChI=1S/C10H11BN2O2S2/c1-5-7(3-16)12-8(4-17-11)6(2)10(15)13(12)9(5)14/h16H,3-4H2,1-2H3. The fourth-order valence-corrected chi connectivity index (χ4v) is 2.86. The van der Waals surface area contributed by atoms with E-state index in [2.05, 4.69) is 12.6 Å². The molecule has 0 atom stereocenters. The molecular formula is C10H11BN2O2S2. The summed E-state index contributed by atoms with van der Waals surface area (Å²) in [6, 6.07) is 0. The first-order valence-electron chi connectivity index (χ1n) is 5.05. The number of aromatic nitrogens is 2. The van der Waals surface area contributed by atoms with Crippen LogP contribution in [0, 0.1) is 13.8 Å². The van der Waals surface area contributed by atoms with Gasteiger partial charge in [0.25, 0.3) is 11.1 Å². The lowest BCUT2D eigenvalue weighted by Crippen LogP contribution is -2.23. The Hall–Kier alpha value is -0.815. The lowest BCUT2D eigenvalue weighted by atomic mass is 10.2. The zero-order chi connectivity index (χ0) is 12.7. The molecule has 0 saturated heterocycles. The molecule has 0 bridgehead atoms. The van der Waals surface area contributed by atoms with E-state index in [0.29, 0.717) is 22.6 Å². The summed E-state index contributed by atoms with van der Waals surface area (Å²) in [6.45, 7) is 3.42. The molecule has 7 heteroatoms. The van der Waals surface area contributed by atoms with Gasteiger partial charge in [0, 0.05) is 22.6 Å². The third-order valence-electron chi connectivity index (χ3n) is 2.97. The minimum absolute atomic E-state index is 0.268. The van der Waals surface area contributed by atoms with Crippen molar-refractivity contribution in [3.8, 4) is 0 Å². The van der Waals surface area contributed by atoms with Gasteiger partial charge >= 0.3 is 0 Å². The molecule has 0 amide bonds. The van der Waals surface area contributed by atoms with Crippen LogP contribution in [0.1, 0.15) is 22.5 Å². The number of rotatable bonds is 3. The van der Waals surface area contributed by atoms with E-state index in [-0.39, 0.29) is 11.1 Å². The van der Waals surface area contributed by atoms with Crippen LogP contribution in [0.2, 0.25) is 0 Å². The highest BCUT2D eigenvalue weighted by Crippen LogP contribution is 2.16. The maximum atomic E-state index is 12.0. The summed E-state index contributed by atoms with van der Waals surface area (Å²) in [6.07, 6.45) is 0. The second-order valence-corrected chi connectivity index (χ2v) is 4.78. The summed E-state index contributed by atoms with van der Waals surface area (Å²) in [5.74, 6) is 0.902. The van der Waals surface area contributed by atoms with Crippen LogP contribution in [-0.2, 0) is 11.5 Å². The second-order valence-electron chi connectivity index (χ2n) is 3.85. The van der Waals surface area contributed by atoms with Gasteiger partial charge in [-0.2, -0.15) is 17.1 Å². The van der Waals surface area contributed by atoms with Crippen molar-refractivity contribution in [3.05, 3.63) is 43.2 Å². The van der Waals surface area contributed by atoms with Gasteiger partial charge < -0.3 is 0 Å². The number of nitrogens with zero attached hydrogens (tertiary/aromatic N) is 2. The van der Waals surface area contributed by atoms with Crippen molar-refractivity contribution in [2.75, 3.05) is 0 Å². The fourth-order valence-electron chi connectivity index (χ4n) is 1.99. The van der Waals surface area contributed by atoms with Crippen molar-refractivity contribution in [2.24, 2.45) is 0 Å². The largest absolute Gasteiger partial charge is 0.277 e. The third kappa shape index (κ3) is 1.63. The first kappa shape index (κ1) is 12.6. The van der Waals surface area contributed by atoms with Crippen molar-refractivity contribution in [2.45, 2.75) is 25.4 Å². The highest BCUT2D eigenvalue weighted by molar-refractivity contribution is 8.19. The maximum absolute atomic E-state index is 12.0. The van der Waals surface area contributed by atoms with E-state index in [4.69, 9.17) is 7.12 Å². The molecule has 0 aliphatic rings. The van der Waals surface area contributed by atoms with E-state index < -0.39 is 0 Å². The van der Waals surface area contributed by atoms with Gasteiger partial charge in [0.2, 0.25) is 0 Å². The molecule has 2 radical (unpaired) electrons. The number of thiol groups is 1. The van der Waals surface area contributed by atoms with E-state index in [1.54, 1.807) is 18.4 Å². The van der Waals surface area contributed by atoms with Crippen LogP contribution in [0.25, 0.3) is 0 Å². The molecule has 2 rings (SSSR count). The number of fused-ring (bicyclic) bond motifs is 1. The highest BCUT2D eigenvalue weighted by Gasteiger charge is 2.20. The van der Waals surface area contributed by atoms with Gasteiger partial charge in [-0.1, -0.05) is 0 Å². The van der Waals surface area contributed by atoms with Gasteiger partial charge in [-0.05, 0) is 13.8 Å². The lowest BCUT2D eigenvalue weighted by Gasteiger charge is -2.02. The Bertz CT molecular complexity index is 677. The number of hydrogen-bond acceptors (Lipinski definition) is 4. The molecule has 4 nitrogen and oxygen atoms in total. The monoisotopic (exact) mass is 266 g/mol. The van der Waals surface area contributed by atoms with Crippen molar-refractivity contribution >= 4 is 31.4 Å². The van der Waals surface area contributed by atoms with Crippen LogP contribution < -0.4 is 11.1 Å². The second kappa shape index (κ2) is 4.46. The van der Waals surface area contributed by atoms with Gasteiger partial charge in [0.1, 0.15) is 0 Å². The highest BCUT2D eigenvalue weighted by atomic mass is 32.2. The third-order valence-corrected chi connectivity index (χ3v) is 3.71. The van der Waals surface area contributed by atoms with Crippen LogP contribution in [0.3, 0.4) is 0 Å². The van der Waals surface area contributed by atoms with Crippen molar-refractivity contribution in [1.29, 1.82) is 0 Å². The summed E-state index contributed by atoms with van der Waals surface area (Å²) < 4.78 is 2.82. The Balaban J connectivity index is 3.00. The summed E-state index contributed by atoms with van der Waals surface area (Å²) in [5, 5.41) is 0. The maximum Gasteiger partial charge on any atom is 0.277 e. The van der Waals surface area contributed by atoms with Crippen molar-refractivity contribution in [1.82, 2.24) is 9.03 Å². The molecule has 2 heterocycles. The molecule has 2 aromatic rings. The molecule has 0 N–H and O–H groups in total. The van der Waals surface area contributed by atoms with Crippen molar-refractivity contribution < 1.29 is 0 Å². The summed E-state index contributed by atoms with van der Waals surface area (Å²) in [4.78, 5) is 24.0. The van der Waals surface area contributed by atoms with Gasteiger partial charge in [-0.3, -0.25) is 9.59 Å². The zero-order valence-corrected chi connectivity index (χ0v) is 11.3. The molecule has 0 aromatic carbocycles. The van der Waals surface area contributed by atoms with Gasteiger partial charge in [-0.15, -0.1) is 0 Å². The normalized spacial score (nSPS) is 11.5. The van der Waals surface area contributed by atoms with Gasteiger partial charge in [-0.25, -0.2) is 16.1 Å². The Morgan fingerprint density at radius 1 is 1.12 bits per heavy atom. The summed E-state index contributed by atoms with van der Waals surface area (Å²) in [5.41, 5.74) is 2.14. The summed E-state index contributed by atoms with van der Waals surface area (Å²) in [7, 11) is 5.46. The van der Waals surface area contributed by atoms with E-state index in [1.165, 1.54) is 4.52 Å². The molecular weight excluding hydrogens is 255 g/mol. The molecule has 0 fully saturated rings. The predicted octanol–water partition coefficient (Wildman–Crippen LogP) is 0.560. The zero-order valence-electron chi connectivity index (χ0n) is 9.56. The van der Waals surface area contributed by atoms with Crippen LogP contribution in [0.5, 0.6) is 0 Å². The van der Waals surface area contributed by atoms with E-state index in [1.807, 2.05) is 0 Å². The molecule has 0 aliphatic heterocycles. The van der Waals surface area contributed by atoms with E-state index >= 15 is 0 Å². The molecule has 88 valence electrons. The smallest absolute Gasteiger partial charge is 0.267 e. The molecule has 0 aliphatic carbocycles. The van der Waals surface area contributed by atoms with Gasteiger partial charge in [0.15, 0.2) is 7.12 Å². The first-order valence-corrected chi connectivity index (χ1v) is 6.73. The average Bonchev–Trinajstić information content (AvgIpc) is 2.69. The van der Waals surface area contributed by atoms with E-state index in [9.17, 15) is 9.59 Å². The molecule has 0 spiro atoms. The molecule has 0 saturated carbocycles. The number of hydrogen-bond donors (Lipinski definition) is 1. The van der Waals surface area contributed by atoms with E-state index in [0.717, 1.165) is 23.0 Å². The van der Waals surface area contributed by atoms with Gasteiger partial charge in [0.05, 0.1) is 11.4 Å². The van der Waals surface area contributed by atoms with Crippen molar-refractivity contribution in [3.63, 3.8) is 0 Å². The Labute approximate surface area is 109 Å². The first-order chi connectivity index (χ1) is 8.04. The summed E-state index contributed by atoms with van der Waals surface area (Å²) >= 11 is 5.35. The minimum Gasteiger partial charge on any atom is -0.267 e. The molecule has 17 heavy (non-hydrogen) atoms. The Kier molecular flexibility index (Phi) is 3.31. The Morgan fingerprint density at radius 3 is 2.12 bits per heavy atom. The quantitative estimate of drug-likeness (QED) is 0.652. The minimum atomic E-state index is -0.268. The Morgan fingerprint density at radius 2 is 1.65 bits per heavy atom. The van der Waals surface area contributed by atoms with Crippen LogP contribution >= 0.6 is 24.2 Å². The average molecular weight is 266 g/mol. The lowest BCUT2D eigenvalue weighted by molar-refractivity contribution is 0.763. The topological polar surface area (TPSA) is 43.0 Å². The van der Waals surface area contributed by atoms with Crippen LogP contribution in [-0.4, -0.2) is 16.2 Å². The van der Waals surface area contributed by atoms with Crippen LogP contribution in [0.4, 0.5) is 0 Å². The fraction of sp³-hybridized carbons (Fsp3) is 0.400. The molecule has 2 aromatic heterocycles.